The summed E-state index contributed by atoms with van der Waals surface area (Å²) in [4.78, 5) is 4.50. The lowest BCUT2D eigenvalue weighted by Gasteiger charge is -2.12. The van der Waals surface area contributed by atoms with Crippen molar-refractivity contribution in [3.05, 3.63) is 128 Å². The molecule has 0 radical (unpaired) electrons. The summed E-state index contributed by atoms with van der Waals surface area (Å²) in [5, 5.41) is 10.3. The van der Waals surface area contributed by atoms with E-state index in [-0.39, 0.29) is 0 Å². The Morgan fingerprint density at radius 1 is 0.353 bits per heavy atom. The van der Waals surface area contributed by atoms with Gasteiger partial charge in [0, 0.05) is 11.8 Å². The van der Waals surface area contributed by atoms with E-state index in [2.05, 4.69) is 114 Å². The third-order valence-electron chi connectivity index (χ3n) is 6.88. The smallest absolute Gasteiger partial charge is 0.0702 e. The molecule has 6 aromatic carbocycles. The topological polar surface area (TPSA) is 12.9 Å². The van der Waals surface area contributed by atoms with Crippen LogP contribution in [0.4, 0.5) is 0 Å². The molecule has 0 saturated carbocycles. The molecule has 1 nitrogen and oxygen atoms in total. The highest BCUT2D eigenvalue weighted by atomic mass is 14.7. The van der Waals surface area contributed by atoms with Crippen molar-refractivity contribution in [2.75, 3.05) is 0 Å². The molecule has 1 aromatic heterocycles. The highest BCUT2D eigenvalue weighted by molar-refractivity contribution is 6.25. The number of hydrogen-bond donors (Lipinski definition) is 0. The van der Waals surface area contributed by atoms with Gasteiger partial charge in [-0.05, 0) is 84.5 Å². The second-order valence-electron chi connectivity index (χ2n) is 8.84. The van der Waals surface area contributed by atoms with Gasteiger partial charge in [0.2, 0.25) is 0 Å². The van der Waals surface area contributed by atoms with Crippen molar-refractivity contribution in [1.29, 1.82) is 0 Å². The Kier molecular flexibility index (Phi) is 4.22. The maximum absolute atomic E-state index is 4.50. The molecule has 1 heteroatoms. The molecule has 0 N–H and O–H groups in total. The van der Waals surface area contributed by atoms with Crippen LogP contribution >= 0.6 is 0 Å². The first-order valence-corrected chi connectivity index (χ1v) is 11.6. The fourth-order valence-electron chi connectivity index (χ4n) is 5.21. The van der Waals surface area contributed by atoms with E-state index >= 15 is 0 Å². The maximum atomic E-state index is 4.50. The summed E-state index contributed by atoms with van der Waals surface area (Å²) in [6.07, 6.45) is 1.84. The van der Waals surface area contributed by atoms with Crippen LogP contribution in [0.25, 0.3) is 65.5 Å². The van der Waals surface area contributed by atoms with Gasteiger partial charge in [0.25, 0.3) is 0 Å². The Hall–Kier alpha value is -4.49. The SMILES string of the molecule is c1ccc(-c2ccc3cc(-c4ccc5c6ccccc6c6ccccc6c5c4)ccc3c2)nc1. The standard InChI is InChI=1S/C33H21N/c1-2-9-29-27(7-1)28-8-3-4-10-30(28)32-21-25(16-17-31(29)32)23-12-13-24-20-26(15-14-22(24)19-23)33-11-5-6-18-34-33/h1-21H. The molecule has 0 aliphatic heterocycles. The fourth-order valence-corrected chi connectivity index (χ4v) is 5.21. The first-order chi connectivity index (χ1) is 16.8. The number of rotatable bonds is 2. The normalized spacial score (nSPS) is 11.5. The number of benzene rings is 6. The number of pyridine rings is 1. The predicted molar refractivity (Wildman–Crippen MR) is 145 cm³/mol. The lowest BCUT2D eigenvalue weighted by atomic mass is 9.91. The number of nitrogens with zero attached hydrogens (tertiary/aromatic N) is 1. The summed E-state index contributed by atoms with van der Waals surface area (Å²) < 4.78 is 0. The number of hydrogen-bond acceptors (Lipinski definition) is 1. The van der Waals surface area contributed by atoms with Gasteiger partial charge in [-0.1, -0.05) is 91.0 Å². The van der Waals surface area contributed by atoms with Gasteiger partial charge in [-0.2, -0.15) is 0 Å². The van der Waals surface area contributed by atoms with Gasteiger partial charge < -0.3 is 0 Å². The average molecular weight is 432 g/mol. The van der Waals surface area contributed by atoms with Crippen LogP contribution < -0.4 is 0 Å². The summed E-state index contributed by atoms with van der Waals surface area (Å²) in [6.45, 7) is 0. The third-order valence-corrected chi connectivity index (χ3v) is 6.88. The van der Waals surface area contributed by atoms with Gasteiger partial charge in [-0.25, -0.2) is 0 Å². The minimum Gasteiger partial charge on any atom is -0.256 e. The van der Waals surface area contributed by atoms with E-state index < -0.39 is 0 Å². The molecule has 7 aromatic rings. The van der Waals surface area contributed by atoms with Crippen molar-refractivity contribution in [3.8, 4) is 22.4 Å². The first-order valence-electron chi connectivity index (χ1n) is 11.6. The number of aromatic nitrogens is 1. The minimum absolute atomic E-state index is 1.00. The van der Waals surface area contributed by atoms with Crippen LogP contribution in [0.3, 0.4) is 0 Å². The minimum atomic E-state index is 1.00. The van der Waals surface area contributed by atoms with Crippen LogP contribution in [-0.2, 0) is 0 Å². The average Bonchev–Trinajstić information content (AvgIpc) is 2.93. The van der Waals surface area contributed by atoms with E-state index in [1.165, 1.54) is 54.2 Å². The molecule has 0 spiro atoms. The second-order valence-corrected chi connectivity index (χ2v) is 8.84. The van der Waals surface area contributed by atoms with Gasteiger partial charge in [-0.3, -0.25) is 4.98 Å². The van der Waals surface area contributed by atoms with E-state index in [0.29, 0.717) is 0 Å². The summed E-state index contributed by atoms with van der Waals surface area (Å²) >= 11 is 0. The summed E-state index contributed by atoms with van der Waals surface area (Å²) in [6, 6.07) is 43.7. The van der Waals surface area contributed by atoms with Gasteiger partial charge in [-0.15, -0.1) is 0 Å². The van der Waals surface area contributed by atoms with Crippen molar-refractivity contribution in [2.45, 2.75) is 0 Å². The summed E-state index contributed by atoms with van der Waals surface area (Å²) in [5.41, 5.74) is 4.62. The molecule has 0 unspecified atom stereocenters. The lowest BCUT2D eigenvalue weighted by molar-refractivity contribution is 1.33. The van der Waals surface area contributed by atoms with Crippen LogP contribution in [0.5, 0.6) is 0 Å². The van der Waals surface area contributed by atoms with E-state index in [0.717, 1.165) is 11.3 Å². The molecule has 7 rings (SSSR count). The highest BCUT2D eigenvalue weighted by Crippen LogP contribution is 2.37. The zero-order chi connectivity index (χ0) is 22.5. The highest BCUT2D eigenvalue weighted by Gasteiger charge is 2.10. The zero-order valence-corrected chi connectivity index (χ0v) is 18.6. The molecule has 1 heterocycles. The maximum Gasteiger partial charge on any atom is 0.0702 e. The van der Waals surface area contributed by atoms with Crippen molar-refractivity contribution in [1.82, 2.24) is 4.98 Å². The molecule has 0 fully saturated rings. The van der Waals surface area contributed by atoms with E-state index in [4.69, 9.17) is 0 Å². The predicted octanol–water partition coefficient (Wildman–Crippen LogP) is 9.03. The zero-order valence-electron chi connectivity index (χ0n) is 18.6. The van der Waals surface area contributed by atoms with Gasteiger partial charge in [0.1, 0.15) is 0 Å². The Morgan fingerprint density at radius 2 is 0.853 bits per heavy atom. The van der Waals surface area contributed by atoms with Crippen molar-refractivity contribution < 1.29 is 0 Å². The third kappa shape index (κ3) is 2.98. The Morgan fingerprint density at radius 3 is 1.50 bits per heavy atom. The molecule has 0 atom stereocenters. The van der Waals surface area contributed by atoms with Crippen molar-refractivity contribution in [3.63, 3.8) is 0 Å². The molecule has 0 aliphatic rings. The largest absolute Gasteiger partial charge is 0.256 e. The van der Waals surface area contributed by atoms with Crippen LogP contribution in [0, 0.1) is 0 Å². The molecule has 0 aliphatic carbocycles. The van der Waals surface area contributed by atoms with Gasteiger partial charge in [0.05, 0.1) is 5.69 Å². The molecule has 0 bridgehead atoms. The van der Waals surface area contributed by atoms with Crippen molar-refractivity contribution in [2.24, 2.45) is 0 Å². The monoisotopic (exact) mass is 431 g/mol. The first kappa shape index (κ1) is 19.0. The van der Waals surface area contributed by atoms with Gasteiger partial charge >= 0.3 is 0 Å². The molecule has 34 heavy (non-hydrogen) atoms. The molecule has 0 amide bonds. The van der Waals surface area contributed by atoms with E-state index in [1.54, 1.807) is 0 Å². The van der Waals surface area contributed by atoms with Crippen molar-refractivity contribution >= 4 is 43.1 Å². The molecular weight excluding hydrogens is 410 g/mol. The Bertz CT molecular complexity index is 1810. The van der Waals surface area contributed by atoms with E-state index in [9.17, 15) is 0 Å². The van der Waals surface area contributed by atoms with Gasteiger partial charge in [0.15, 0.2) is 0 Å². The van der Waals surface area contributed by atoms with Crippen LogP contribution in [-0.4, -0.2) is 4.98 Å². The molecule has 0 saturated heterocycles. The van der Waals surface area contributed by atoms with E-state index in [1.807, 2.05) is 18.3 Å². The number of fused-ring (bicyclic) bond motifs is 7. The lowest BCUT2D eigenvalue weighted by Crippen LogP contribution is -1.86. The molecular formula is C33H21N. The Labute approximate surface area is 197 Å². The summed E-state index contributed by atoms with van der Waals surface area (Å²) in [5.74, 6) is 0. The van der Waals surface area contributed by atoms with Crippen LogP contribution in [0.2, 0.25) is 0 Å². The fraction of sp³-hybridized carbons (Fsp3) is 0. The second kappa shape index (κ2) is 7.54. The van der Waals surface area contributed by atoms with Crippen LogP contribution in [0.15, 0.2) is 128 Å². The summed E-state index contributed by atoms with van der Waals surface area (Å²) in [7, 11) is 0. The Balaban J connectivity index is 1.41. The quantitative estimate of drug-likeness (QED) is 0.249. The van der Waals surface area contributed by atoms with Crippen LogP contribution in [0.1, 0.15) is 0 Å². The molecule has 158 valence electrons.